The van der Waals surface area contributed by atoms with Gasteiger partial charge in [0, 0.05) is 27.5 Å². The summed E-state index contributed by atoms with van der Waals surface area (Å²) in [7, 11) is 0. The maximum atomic E-state index is 12.4. The van der Waals surface area contributed by atoms with Crippen LogP contribution < -0.4 is 15.4 Å². The maximum Gasteiger partial charge on any atom is 0.255 e. The Hall–Kier alpha value is -3.31. The van der Waals surface area contributed by atoms with Gasteiger partial charge in [0.1, 0.15) is 5.75 Å². The fourth-order valence-corrected chi connectivity index (χ4v) is 2.64. The zero-order valence-electron chi connectivity index (χ0n) is 15.2. The predicted molar refractivity (Wildman–Crippen MR) is 111 cm³/mol. The minimum atomic E-state index is -0.247. The first-order valence-electron chi connectivity index (χ1n) is 8.76. The lowest BCUT2D eigenvalue weighted by molar-refractivity contribution is 0.102. The van der Waals surface area contributed by atoms with Crippen LogP contribution in [0.15, 0.2) is 72.8 Å². The third-order valence-electron chi connectivity index (χ3n) is 3.93. The number of hydrogen-bond donors (Lipinski definition) is 2. The molecule has 0 spiro atoms. The Bertz CT molecular complexity index is 953. The molecule has 0 saturated heterocycles. The fraction of sp³-hybridized carbons (Fsp3) is 0.0909. The number of anilines is 2. The van der Waals surface area contributed by atoms with Crippen LogP contribution in [0.5, 0.6) is 5.75 Å². The Balaban J connectivity index is 1.60. The van der Waals surface area contributed by atoms with E-state index in [2.05, 4.69) is 10.6 Å². The summed E-state index contributed by atoms with van der Waals surface area (Å²) >= 11 is 5.83. The van der Waals surface area contributed by atoms with E-state index in [0.29, 0.717) is 34.1 Å². The van der Waals surface area contributed by atoms with E-state index in [4.69, 9.17) is 16.3 Å². The van der Waals surface area contributed by atoms with Gasteiger partial charge < -0.3 is 15.4 Å². The number of hydrogen-bond acceptors (Lipinski definition) is 3. The monoisotopic (exact) mass is 394 g/mol. The molecule has 0 radical (unpaired) electrons. The van der Waals surface area contributed by atoms with Crippen molar-refractivity contribution >= 4 is 34.8 Å². The van der Waals surface area contributed by atoms with Crippen molar-refractivity contribution < 1.29 is 14.3 Å². The summed E-state index contributed by atoms with van der Waals surface area (Å²) in [5, 5.41) is 6.18. The van der Waals surface area contributed by atoms with Crippen LogP contribution in [-0.4, -0.2) is 18.4 Å². The van der Waals surface area contributed by atoms with Gasteiger partial charge in [-0.1, -0.05) is 11.6 Å². The van der Waals surface area contributed by atoms with Gasteiger partial charge in [-0.2, -0.15) is 0 Å². The molecule has 3 aromatic carbocycles. The molecule has 0 aromatic heterocycles. The van der Waals surface area contributed by atoms with E-state index in [0.717, 1.165) is 5.75 Å². The molecule has 0 atom stereocenters. The second-order valence-electron chi connectivity index (χ2n) is 5.95. The van der Waals surface area contributed by atoms with Gasteiger partial charge in [0.15, 0.2) is 0 Å². The smallest absolute Gasteiger partial charge is 0.255 e. The van der Waals surface area contributed by atoms with E-state index >= 15 is 0 Å². The second-order valence-corrected chi connectivity index (χ2v) is 6.39. The Morgan fingerprint density at radius 3 is 1.64 bits per heavy atom. The van der Waals surface area contributed by atoms with Crippen LogP contribution in [0.3, 0.4) is 0 Å². The van der Waals surface area contributed by atoms with Crippen molar-refractivity contribution in [2.24, 2.45) is 0 Å². The molecule has 5 nitrogen and oxygen atoms in total. The molecular formula is C22H19ClN2O3. The molecule has 2 amide bonds. The molecule has 28 heavy (non-hydrogen) atoms. The molecule has 0 unspecified atom stereocenters. The van der Waals surface area contributed by atoms with Crippen molar-refractivity contribution in [1.29, 1.82) is 0 Å². The maximum absolute atomic E-state index is 12.4. The van der Waals surface area contributed by atoms with Crippen LogP contribution in [0.4, 0.5) is 11.4 Å². The van der Waals surface area contributed by atoms with Crippen molar-refractivity contribution in [3.63, 3.8) is 0 Å². The van der Waals surface area contributed by atoms with Gasteiger partial charge in [0.2, 0.25) is 0 Å². The van der Waals surface area contributed by atoms with Gasteiger partial charge in [-0.15, -0.1) is 0 Å². The summed E-state index contributed by atoms with van der Waals surface area (Å²) < 4.78 is 5.38. The van der Waals surface area contributed by atoms with Crippen molar-refractivity contribution in [1.82, 2.24) is 0 Å². The number of nitrogens with one attached hydrogen (secondary N) is 2. The summed E-state index contributed by atoms with van der Waals surface area (Å²) in [5.41, 5.74) is 2.26. The van der Waals surface area contributed by atoms with Gasteiger partial charge in [0.25, 0.3) is 11.8 Å². The molecule has 0 aliphatic heterocycles. The highest BCUT2D eigenvalue weighted by Crippen LogP contribution is 2.18. The Labute approximate surface area is 168 Å². The van der Waals surface area contributed by atoms with Gasteiger partial charge in [-0.05, 0) is 79.7 Å². The van der Waals surface area contributed by atoms with E-state index in [9.17, 15) is 9.59 Å². The molecule has 0 aliphatic rings. The summed E-state index contributed by atoms with van der Waals surface area (Å²) in [5.74, 6) is 0.268. The molecule has 142 valence electrons. The van der Waals surface area contributed by atoms with E-state index < -0.39 is 0 Å². The molecule has 2 N–H and O–H groups in total. The van der Waals surface area contributed by atoms with Gasteiger partial charge in [-0.3, -0.25) is 9.59 Å². The lowest BCUT2D eigenvalue weighted by atomic mass is 10.1. The van der Waals surface area contributed by atoms with Crippen molar-refractivity contribution in [2.75, 3.05) is 17.2 Å². The predicted octanol–water partition coefficient (Wildman–Crippen LogP) is 5.24. The first-order chi connectivity index (χ1) is 13.5. The number of benzene rings is 3. The van der Waals surface area contributed by atoms with Crippen molar-refractivity contribution in [2.45, 2.75) is 6.92 Å². The zero-order chi connectivity index (χ0) is 19.9. The quantitative estimate of drug-likeness (QED) is 0.600. The average molecular weight is 395 g/mol. The second kappa shape index (κ2) is 9.06. The zero-order valence-corrected chi connectivity index (χ0v) is 16.0. The van der Waals surface area contributed by atoms with Crippen molar-refractivity contribution in [3.8, 4) is 5.75 Å². The minimum absolute atomic E-state index is 0.236. The third-order valence-corrected chi connectivity index (χ3v) is 4.19. The first-order valence-corrected chi connectivity index (χ1v) is 9.14. The van der Waals surface area contributed by atoms with Gasteiger partial charge in [-0.25, -0.2) is 0 Å². The summed E-state index contributed by atoms with van der Waals surface area (Å²) in [6.07, 6.45) is 0. The van der Waals surface area contributed by atoms with E-state index in [1.54, 1.807) is 72.8 Å². The number of carbonyl (C=O) groups excluding carboxylic acids is 2. The van der Waals surface area contributed by atoms with Crippen LogP contribution >= 0.6 is 11.6 Å². The lowest BCUT2D eigenvalue weighted by Crippen LogP contribution is -2.13. The average Bonchev–Trinajstić information content (AvgIpc) is 2.70. The van der Waals surface area contributed by atoms with Crippen LogP contribution in [0, 0.1) is 0 Å². The molecule has 0 fully saturated rings. The number of carbonyl (C=O) groups is 2. The number of amides is 2. The Morgan fingerprint density at radius 1 is 0.750 bits per heavy atom. The minimum Gasteiger partial charge on any atom is -0.494 e. The molecule has 0 bridgehead atoms. The number of halogens is 1. The standard InChI is InChI=1S/C22H19ClN2O3/c1-2-28-20-13-11-19(12-14-20)25-22(27)16-5-9-18(10-6-16)24-21(26)15-3-7-17(23)8-4-15/h3-14H,2H2,1H3,(H,24,26)(H,25,27). The molecule has 3 rings (SSSR count). The number of ether oxygens (including phenoxy) is 1. The highest BCUT2D eigenvalue weighted by molar-refractivity contribution is 6.30. The Morgan fingerprint density at radius 2 is 1.18 bits per heavy atom. The largest absolute Gasteiger partial charge is 0.494 e. The van der Waals surface area contributed by atoms with Crippen LogP contribution in [-0.2, 0) is 0 Å². The Kier molecular flexibility index (Phi) is 6.29. The topological polar surface area (TPSA) is 67.4 Å². The summed E-state index contributed by atoms with van der Waals surface area (Å²) in [6.45, 7) is 2.50. The van der Waals surface area contributed by atoms with Crippen LogP contribution in [0.25, 0.3) is 0 Å². The van der Waals surface area contributed by atoms with Gasteiger partial charge in [0.05, 0.1) is 6.61 Å². The molecule has 0 heterocycles. The van der Waals surface area contributed by atoms with Gasteiger partial charge >= 0.3 is 0 Å². The molecule has 6 heteroatoms. The highest BCUT2D eigenvalue weighted by Gasteiger charge is 2.09. The molecule has 0 aliphatic carbocycles. The SMILES string of the molecule is CCOc1ccc(NC(=O)c2ccc(NC(=O)c3ccc(Cl)cc3)cc2)cc1. The fourth-order valence-electron chi connectivity index (χ4n) is 2.51. The van der Waals surface area contributed by atoms with E-state index in [-0.39, 0.29) is 11.8 Å². The molecule has 0 saturated carbocycles. The third kappa shape index (κ3) is 5.11. The van der Waals surface area contributed by atoms with E-state index in [1.807, 2.05) is 6.92 Å². The summed E-state index contributed by atoms with van der Waals surface area (Å²) in [4.78, 5) is 24.6. The lowest BCUT2D eigenvalue weighted by Gasteiger charge is -2.09. The van der Waals surface area contributed by atoms with Crippen molar-refractivity contribution in [3.05, 3.63) is 88.9 Å². The van der Waals surface area contributed by atoms with E-state index in [1.165, 1.54) is 0 Å². The summed E-state index contributed by atoms with van der Waals surface area (Å²) in [6, 6.07) is 20.4. The highest BCUT2D eigenvalue weighted by atomic mass is 35.5. The first kappa shape index (κ1) is 19.5. The molecular weight excluding hydrogens is 376 g/mol. The van der Waals surface area contributed by atoms with Crippen LogP contribution in [0.2, 0.25) is 5.02 Å². The number of rotatable bonds is 6. The van der Waals surface area contributed by atoms with Crippen LogP contribution in [0.1, 0.15) is 27.6 Å². The molecule has 3 aromatic rings. The normalized spacial score (nSPS) is 10.2.